The van der Waals surface area contributed by atoms with Crippen molar-refractivity contribution in [2.75, 3.05) is 0 Å². The predicted molar refractivity (Wildman–Crippen MR) is 63.6 cm³/mol. The van der Waals surface area contributed by atoms with Crippen LogP contribution in [0.25, 0.3) is 5.69 Å². The second kappa shape index (κ2) is 3.88. The minimum Gasteiger partial charge on any atom is -0.320 e. The van der Waals surface area contributed by atoms with E-state index in [-0.39, 0.29) is 0 Å². The predicted octanol–water partition coefficient (Wildman–Crippen LogP) is 2.11. The van der Waals surface area contributed by atoms with E-state index < -0.39 is 5.54 Å². The van der Waals surface area contributed by atoms with E-state index in [0.717, 1.165) is 11.4 Å². The highest BCUT2D eigenvalue weighted by atomic mass is 35.5. The molecule has 16 heavy (non-hydrogen) atoms. The molecule has 0 amide bonds. The zero-order chi connectivity index (χ0) is 11.8. The van der Waals surface area contributed by atoms with E-state index >= 15 is 0 Å². The highest BCUT2D eigenvalue weighted by molar-refractivity contribution is 6.30. The molecule has 1 aromatic carbocycles. The lowest BCUT2D eigenvalue weighted by Gasteiger charge is -2.13. The van der Waals surface area contributed by atoms with Gasteiger partial charge in [0.15, 0.2) is 0 Å². The van der Waals surface area contributed by atoms with Gasteiger partial charge in [-0.3, -0.25) is 0 Å². The van der Waals surface area contributed by atoms with Crippen molar-refractivity contribution in [1.29, 1.82) is 0 Å². The molecule has 0 saturated carbocycles. The number of rotatable bonds is 2. The molecule has 0 saturated heterocycles. The van der Waals surface area contributed by atoms with E-state index in [4.69, 9.17) is 17.3 Å². The molecule has 0 aliphatic rings. The molecule has 0 spiro atoms. The Morgan fingerprint density at radius 2 is 2.12 bits per heavy atom. The summed E-state index contributed by atoms with van der Waals surface area (Å²) in [7, 11) is 0. The Labute approximate surface area is 99.0 Å². The maximum Gasteiger partial charge on any atom is 0.102 e. The lowest BCUT2D eigenvalue weighted by molar-refractivity contribution is 0.533. The average Bonchev–Trinajstić information content (AvgIpc) is 2.65. The molecule has 84 valence electrons. The molecule has 5 heteroatoms. The first-order valence-corrected chi connectivity index (χ1v) is 5.32. The zero-order valence-corrected chi connectivity index (χ0v) is 9.94. The molecule has 2 N–H and O–H groups in total. The van der Waals surface area contributed by atoms with Crippen molar-refractivity contribution in [3.63, 3.8) is 0 Å². The molecule has 0 atom stereocenters. The summed E-state index contributed by atoms with van der Waals surface area (Å²) >= 11 is 5.91. The van der Waals surface area contributed by atoms with E-state index in [1.165, 1.54) is 0 Å². The molecular formula is C11H13ClN4. The van der Waals surface area contributed by atoms with Gasteiger partial charge < -0.3 is 5.73 Å². The van der Waals surface area contributed by atoms with Crippen LogP contribution >= 0.6 is 11.6 Å². The monoisotopic (exact) mass is 236 g/mol. The van der Waals surface area contributed by atoms with Gasteiger partial charge in [0.1, 0.15) is 5.69 Å². The second-order valence-corrected chi connectivity index (χ2v) is 4.69. The van der Waals surface area contributed by atoms with Crippen molar-refractivity contribution in [3.05, 3.63) is 41.2 Å². The van der Waals surface area contributed by atoms with Gasteiger partial charge in [-0.2, -0.15) is 0 Å². The van der Waals surface area contributed by atoms with Crippen LogP contribution in [0.1, 0.15) is 19.5 Å². The third-order valence-electron chi connectivity index (χ3n) is 2.23. The van der Waals surface area contributed by atoms with Crippen molar-refractivity contribution in [1.82, 2.24) is 15.0 Å². The molecule has 0 bridgehead atoms. The van der Waals surface area contributed by atoms with Crippen molar-refractivity contribution in [2.45, 2.75) is 19.4 Å². The molecule has 0 aliphatic heterocycles. The normalized spacial score (nSPS) is 11.8. The van der Waals surface area contributed by atoms with Crippen LogP contribution in [0.3, 0.4) is 0 Å². The summed E-state index contributed by atoms with van der Waals surface area (Å²) in [6.07, 6.45) is 1.81. The standard InChI is InChI=1S/C11H13ClN4/c1-11(2,13)10-7-16(15-14-10)9-5-3-4-8(12)6-9/h3-7H,13H2,1-2H3. The summed E-state index contributed by atoms with van der Waals surface area (Å²) in [6, 6.07) is 7.42. The lowest BCUT2D eigenvalue weighted by Crippen LogP contribution is -2.29. The Morgan fingerprint density at radius 1 is 1.38 bits per heavy atom. The summed E-state index contributed by atoms with van der Waals surface area (Å²) in [6.45, 7) is 3.78. The molecule has 1 heterocycles. The Morgan fingerprint density at radius 3 is 2.69 bits per heavy atom. The average molecular weight is 237 g/mol. The maximum atomic E-state index is 5.94. The molecule has 0 unspecified atom stereocenters. The summed E-state index contributed by atoms with van der Waals surface area (Å²) < 4.78 is 1.66. The Hall–Kier alpha value is -1.39. The number of hydrogen-bond donors (Lipinski definition) is 1. The molecule has 2 rings (SSSR count). The highest BCUT2D eigenvalue weighted by Gasteiger charge is 2.18. The van der Waals surface area contributed by atoms with Crippen LogP contribution in [0.2, 0.25) is 5.02 Å². The van der Waals surface area contributed by atoms with Gasteiger partial charge in [0.25, 0.3) is 0 Å². The summed E-state index contributed by atoms with van der Waals surface area (Å²) in [5.41, 5.74) is 7.06. The van der Waals surface area contributed by atoms with Gasteiger partial charge in [0.05, 0.1) is 17.4 Å². The molecule has 0 fully saturated rings. The molecular weight excluding hydrogens is 224 g/mol. The lowest BCUT2D eigenvalue weighted by atomic mass is 10.0. The molecule has 2 aromatic rings. The van der Waals surface area contributed by atoms with Gasteiger partial charge in [0.2, 0.25) is 0 Å². The Balaban J connectivity index is 2.39. The number of aromatic nitrogens is 3. The first-order chi connectivity index (χ1) is 7.47. The van der Waals surface area contributed by atoms with Crippen LogP contribution in [-0.2, 0) is 5.54 Å². The van der Waals surface area contributed by atoms with Gasteiger partial charge in [-0.05, 0) is 32.0 Å². The fourth-order valence-electron chi connectivity index (χ4n) is 1.30. The van der Waals surface area contributed by atoms with E-state index in [9.17, 15) is 0 Å². The Kier molecular flexibility index (Phi) is 2.69. The van der Waals surface area contributed by atoms with E-state index in [2.05, 4.69) is 10.3 Å². The van der Waals surface area contributed by atoms with Gasteiger partial charge in [-0.1, -0.05) is 22.9 Å². The highest BCUT2D eigenvalue weighted by Crippen LogP contribution is 2.17. The topological polar surface area (TPSA) is 56.7 Å². The van der Waals surface area contributed by atoms with Crippen LogP contribution in [0.5, 0.6) is 0 Å². The zero-order valence-electron chi connectivity index (χ0n) is 9.18. The van der Waals surface area contributed by atoms with Crippen molar-refractivity contribution < 1.29 is 0 Å². The third-order valence-corrected chi connectivity index (χ3v) is 2.46. The fraction of sp³-hybridized carbons (Fsp3) is 0.273. The van der Waals surface area contributed by atoms with Crippen LogP contribution in [0, 0.1) is 0 Å². The van der Waals surface area contributed by atoms with Crippen LogP contribution in [-0.4, -0.2) is 15.0 Å². The first kappa shape index (κ1) is 11.1. The van der Waals surface area contributed by atoms with Crippen molar-refractivity contribution in [3.8, 4) is 5.69 Å². The van der Waals surface area contributed by atoms with Gasteiger partial charge in [-0.25, -0.2) is 4.68 Å². The van der Waals surface area contributed by atoms with E-state index in [0.29, 0.717) is 5.02 Å². The number of hydrogen-bond acceptors (Lipinski definition) is 3. The van der Waals surface area contributed by atoms with Crippen LogP contribution < -0.4 is 5.73 Å². The quantitative estimate of drug-likeness (QED) is 0.869. The van der Waals surface area contributed by atoms with E-state index in [1.807, 2.05) is 44.3 Å². The largest absolute Gasteiger partial charge is 0.320 e. The van der Waals surface area contributed by atoms with Crippen molar-refractivity contribution >= 4 is 11.6 Å². The molecule has 0 radical (unpaired) electrons. The van der Waals surface area contributed by atoms with E-state index in [1.54, 1.807) is 4.68 Å². The fourth-order valence-corrected chi connectivity index (χ4v) is 1.49. The van der Waals surface area contributed by atoms with Crippen LogP contribution in [0.4, 0.5) is 0 Å². The number of halogens is 1. The first-order valence-electron chi connectivity index (χ1n) is 4.94. The minimum absolute atomic E-state index is 0.489. The third kappa shape index (κ3) is 2.23. The van der Waals surface area contributed by atoms with Gasteiger partial charge in [-0.15, -0.1) is 5.10 Å². The number of nitrogens with two attached hydrogens (primary N) is 1. The number of benzene rings is 1. The second-order valence-electron chi connectivity index (χ2n) is 4.25. The smallest absolute Gasteiger partial charge is 0.102 e. The minimum atomic E-state index is -0.489. The van der Waals surface area contributed by atoms with Crippen LogP contribution in [0.15, 0.2) is 30.5 Å². The molecule has 4 nitrogen and oxygen atoms in total. The number of nitrogens with zero attached hydrogens (tertiary/aromatic N) is 3. The summed E-state index contributed by atoms with van der Waals surface area (Å²) in [4.78, 5) is 0. The maximum absolute atomic E-state index is 5.94. The van der Waals surface area contributed by atoms with Gasteiger partial charge >= 0.3 is 0 Å². The SMILES string of the molecule is CC(C)(N)c1cn(-c2cccc(Cl)c2)nn1. The van der Waals surface area contributed by atoms with Gasteiger partial charge in [0, 0.05) is 5.02 Å². The van der Waals surface area contributed by atoms with Crippen molar-refractivity contribution in [2.24, 2.45) is 5.73 Å². The summed E-state index contributed by atoms with van der Waals surface area (Å²) in [5, 5.41) is 8.73. The Bertz CT molecular complexity index is 499. The molecule has 1 aromatic heterocycles. The summed E-state index contributed by atoms with van der Waals surface area (Å²) in [5.74, 6) is 0. The molecule has 0 aliphatic carbocycles.